The van der Waals surface area contributed by atoms with Crippen molar-refractivity contribution in [2.24, 2.45) is 5.41 Å². The molecule has 0 saturated heterocycles. The third-order valence-corrected chi connectivity index (χ3v) is 3.10. The minimum absolute atomic E-state index is 0.218. The highest BCUT2D eigenvalue weighted by Gasteiger charge is 2.37. The molecule has 1 aromatic carbocycles. The highest BCUT2D eigenvalue weighted by atomic mass is 16.5. The van der Waals surface area contributed by atoms with E-state index in [1.165, 1.54) is 12.7 Å². The lowest BCUT2D eigenvalue weighted by atomic mass is 9.84. The third-order valence-electron chi connectivity index (χ3n) is 3.10. The van der Waals surface area contributed by atoms with Crippen molar-refractivity contribution in [3.63, 3.8) is 0 Å². The number of rotatable bonds is 4. The van der Waals surface area contributed by atoms with Gasteiger partial charge in [-0.2, -0.15) is 0 Å². The number of ketones is 1. The molecule has 0 aliphatic rings. The highest BCUT2D eigenvalue weighted by molar-refractivity contribution is 6.11. The summed E-state index contributed by atoms with van der Waals surface area (Å²) in [6.45, 7) is 7.35. The van der Waals surface area contributed by atoms with Gasteiger partial charge in [-0.15, -0.1) is 0 Å². The molecule has 0 atom stereocenters. The van der Waals surface area contributed by atoms with Crippen LogP contribution < -0.4 is 0 Å². The Kier molecular flexibility index (Phi) is 4.28. The Labute approximate surface area is 108 Å². The molecule has 3 heteroatoms. The normalized spacial score (nSPS) is 11.4. The monoisotopic (exact) mass is 248 g/mol. The molecule has 0 N–H and O–H groups in total. The summed E-state index contributed by atoms with van der Waals surface area (Å²) in [6, 6.07) is 7.38. The van der Waals surface area contributed by atoms with Crippen molar-refractivity contribution >= 4 is 11.8 Å². The van der Waals surface area contributed by atoms with E-state index in [4.69, 9.17) is 0 Å². The summed E-state index contributed by atoms with van der Waals surface area (Å²) in [6.07, 6.45) is 0. The van der Waals surface area contributed by atoms with Gasteiger partial charge in [0.15, 0.2) is 5.78 Å². The van der Waals surface area contributed by atoms with E-state index in [1.54, 1.807) is 26.0 Å². The molecule has 98 valence electrons. The molecule has 18 heavy (non-hydrogen) atoms. The number of carbonyl (C=O) groups excluding carboxylic acids is 2. The standard InChI is InChI=1S/C15H20O3/c1-10(2)11-6-8-12(9-7-11)13(16)15(3,4)14(17)18-5/h6-10H,1-5H3. The first-order valence-electron chi connectivity index (χ1n) is 6.04. The molecule has 0 bridgehead atoms. The zero-order valence-electron chi connectivity index (χ0n) is 11.6. The Morgan fingerprint density at radius 1 is 1.11 bits per heavy atom. The van der Waals surface area contributed by atoms with Crippen molar-refractivity contribution in [2.45, 2.75) is 33.6 Å². The Balaban J connectivity index is 3.01. The molecule has 0 aliphatic carbocycles. The lowest BCUT2D eigenvalue weighted by Crippen LogP contribution is -2.34. The maximum absolute atomic E-state index is 12.2. The SMILES string of the molecule is COC(=O)C(C)(C)C(=O)c1ccc(C(C)C)cc1. The van der Waals surface area contributed by atoms with Crippen LogP contribution in [-0.2, 0) is 9.53 Å². The molecule has 0 aromatic heterocycles. The minimum Gasteiger partial charge on any atom is -0.468 e. The van der Waals surface area contributed by atoms with Gasteiger partial charge in [-0.25, -0.2) is 0 Å². The van der Waals surface area contributed by atoms with E-state index in [2.05, 4.69) is 18.6 Å². The summed E-state index contributed by atoms with van der Waals surface area (Å²) in [7, 11) is 1.29. The van der Waals surface area contributed by atoms with Crippen LogP contribution in [0.2, 0.25) is 0 Å². The van der Waals surface area contributed by atoms with E-state index < -0.39 is 11.4 Å². The molecule has 1 aromatic rings. The van der Waals surface area contributed by atoms with Gasteiger partial charge in [0.25, 0.3) is 0 Å². The van der Waals surface area contributed by atoms with Crippen LogP contribution in [0.3, 0.4) is 0 Å². The van der Waals surface area contributed by atoms with Gasteiger partial charge in [0.1, 0.15) is 5.41 Å². The second kappa shape index (κ2) is 5.34. The van der Waals surface area contributed by atoms with E-state index in [0.717, 1.165) is 0 Å². The predicted octanol–water partition coefficient (Wildman–Crippen LogP) is 3.19. The molecule has 0 spiro atoms. The number of hydrogen-bond donors (Lipinski definition) is 0. The van der Waals surface area contributed by atoms with Gasteiger partial charge < -0.3 is 4.74 Å². The van der Waals surface area contributed by atoms with Crippen molar-refractivity contribution < 1.29 is 14.3 Å². The molecule has 3 nitrogen and oxygen atoms in total. The molecule has 0 aliphatic heterocycles. The number of ether oxygens (including phenoxy) is 1. The van der Waals surface area contributed by atoms with E-state index in [-0.39, 0.29) is 5.78 Å². The van der Waals surface area contributed by atoms with Crippen molar-refractivity contribution in [3.05, 3.63) is 35.4 Å². The van der Waals surface area contributed by atoms with Crippen LogP contribution in [0.1, 0.15) is 49.5 Å². The molecule has 1 rings (SSSR count). The van der Waals surface area contributed by atoms with Crippen LogP contribution in [0.15, 0.2) is 24.3 Å². The summed E-state index contributed by atoms with van der Waals surface area (Å²) in [5, 5.41) is 0. The quantitative estimate of drug-likeness (QED) is 0.467. The molecule has 0 amide bonds. The van der Waals surface area contributed by atoms with Crippen molar-refractivity contribution in [1.29, 1.82) is 0 Å². The van der Waals surface area contributed by atoms with Crippen LogP contribution in [0.25, 0.3) is 0 Å². The van der Waals surface area contributed by atoms with E-state index in [0.29, 0.717) is 11.5 Å². The van der Waals surface area contributed by atoms with Gasteiger partial charge in [-0.3, -0.25) is 9.59 Å². The second-order valence-corrected chi connectivity index (χ2v) is 5.22. The molecular weight excluding hydrogens is 228 g/mol. The number of hydrogen-bond acceptors (Lipinski definition) is 3. The first-order valence-corrected chi connectivity index (χ1v) is 6.04. The lowest BCUT2D eigenvalue weighted by molar-refractivity contribution is -0.147. The summed E-state index contributed by atoms with van der Waals surface area (Å²) in [4.78, 5) is 23.8. The van der Waals surface area contributed by atoms with Crippen molar-refractivity contribution in [2.75, 3.05) is 7.11 Å². The molecule has 0 unspecified atom stereocenters. The van der Waals surface area contributed by atoms with E-state index in [1.807, 2.05) is 12.1 Å². The summed E-state index contributed by atoms with van der Waals surface area (Å²) in [5.41, 5.74) is 0.561. The van der Waals surface area contributed by atoms with Crippen LogP contribution in [-0.4, -0.2) is 18.9 Å². The Morgan fingerprint density at radius 3 is 2.00 bits per heavy atom. The zero-order chi connectivity index (χ0) is 13.9. The van der Waals surface area contributed by atoms with E-state index >= 15 is 0 Å². The number of Topliss-reactive ketones (excluding diaryl/α,β-unsaturated/α-hetero) is 1. The topological polar surface area (TPSA) is 43.4 Å². The van der Waals surface area contributed by atoms with Crippen LogP contribution >= 0.6 is 0 Å². The first kappa shape index (κ1) is 14.4. The maximum atomic E-state index is 12.2. The molecule has 0 radical (unpaired) electrons. The predicted molar refractivity (Wildman–Crippen MR) is 70.7 cm³/mol. The average Bonchev–Trinajstić information content (AvgIpc) is 2.36. The average molecular weight is 248 g/mol. The highest BCUT2D eigenvalue weighted by Crippen LogP contribution is 2.24. The fraction of sp³-hybridized carbons (Fsp3) is 0.467. The fourth-order valence-corrected chi connectivity index (χ4v) is 1.73. The summed E-state index contributed by atoms with van der Waals surface area (Å²) >= 11 is 0. The number of carbonyl (C=O) groups is 2. The van der Waals surface area contributed by atoms with Crippen LogP contribution in [0, 0.1) is 5.41 Å². The Bertz CT molecular complexity index is 441. The summed E-state index contributed by atoms with van der Waals surface area (Å²) in [5.74, 6) is -0.312. The number of esters is 1. The molecule has 0 fully saturated rings. The maximum Gasteiger partial charge on any atom is 0.319 e. The summed E-state index contributed by atoms with van der Waals surface area (Å²) < 4.78 is 4.66. The lowest BCUT2D eigenvalue weighted by Gasteiger charge is -2.20. The van der Waals surface area contributed by atoms with Gasteiger partial charge in [-0.05, 0) is 25.3 Å². The molecule has 0 heterocycles. The smallest absolute Gasteiger partial charge is 0.319 e. The minimum atomic E-state index is -1.14. The fourth-order valence-electron chi connectivity index (χ4n) is 1.73. The third kappa shape index (κ3) is 2.78. The van der Waals surface area contributed by atoms with Gasteiger partial charge in [0.05, 0.1) is 7.11 Å². The van der Waals surface area contributed by atoms with Gasteiger partial charge >= 0.3 is 5.97 Å². The Morgan fingerprint density at radius 2 is 1.61 bits per heavy atom. The zero-order valence-corrected chi connectivity index (χ0v) is 11.6. The van der Waals surface area contributed by atoms with Crippen LogP contribution in [0.5, 0.6) is 0 Å². The second-order valence-electron chi connectivity index (χ2n) is 5.22. The first-order chi connectivity index (χ1) is 8.30. The van der Waals surface area contributed by atoms with Gasteiger partial charge in [-0.1, -0.05) is 38.1 Å². The van der Waals surface area contributed by atoms with Gasteiger partial charge in [0.2, 0.25) is 0 Å². The largest absolute Gasteiger partial charge is 0.468 e. The number of benzene rings is 1. The van der Waals surface area contributed by atoms with Crippen molar-refractivity contribution in [3.8, 4) is 0 Å². The Hall–Kier alpha value is -1.64. The van der Waals surface area contributed by atoms with Crippen molar-refractivity contribution in [1.82, 2.24) is 0 Å². The molecule has 0 saturated carbocycles. The van der Waals surface area contributed by atoms with E-state index in [9.17, 15) is 9.59 Å². The van der Waals surface area contributed by atoms with Gasteiger partial charge in [0, 0.05) is 5.56 Å². The number of methoxy groups -OCH3 is 1. The molecular formula is C15H20O3. The van der Waals surface area contributed by atoms with Crippen LogP contribution in [0.4, 0.5) is 0 Å².